The second-order valence-corrected chi connectivity index (χ2v) is 6.82. The minimum Gasteiger partial charge on any atom is -0.489 e. The molecule has 2 aromatic rings. The van der Waals surface area contributed by atoms with Gasteiger partial charge in [-0.1, -0.05) is 30.3 Å². The first-order chi connectivity index (χ1) is 11.4. The molecule has 3 nitrogen and oxygen atoms in total. The van der Waals surface area contributed by atoms with E-state index in [9.17, 15) is 4.39 Å². The van der Waals surface area contributed by atoms with Crippen LogP contribution in [0.5, 0.6) is 5.75 Å². The lowest BCUT2D eigenvalue weighted by Gasteiger charge is -2.38. The van der Waals surface area contributed by atoms with Gasteiger partial charge in [-0.3, -0.25) is 0 Å². The first-order valence-electron chi connectivity index (χ1n) is 8.22. The molecule has 0 radical (unpaired) electrons. The van der Waals surface area contributed by atoms with Crippen molar-refractivity contribution in [3.63, 3.8) is 0 Å². The average molecular weight is 328 g/mol. The van der Waals surface area contributed by atoms with Crippen LogP contribution < -0.4 is 10.2 Å². The van der Waals surface area contributed by atoms with Gasteiger partial charge in [-0.2, -0.15) is 0 Å². The van der Waals surface area contributed by atoms with Gasteiger partial charge in [0.2, 0.25) is 0 Å². The van der Waals surface area contributed by atoms with Gasteiger partial charge in [0.15, 0.2) is 0 Å². The Hall–Kier alpha value is -1.85. The van der Waals surface area contributed by atoms with Crippen molar-refractivity contribution in [1.82, 2.24) is 0 Å². The maximum Gasteiger partial charge on any atom is 0.498 e. The Bertz CT molecular complexity index is 690. The highest BCUT2D eigenvalue weighted by molar-refractivity contribution is 6.62. The van der Waals surface area contributed by atoms with Crippen LogP contribution in [0.3, 0.4) is 0 Å². The first kappa shape index (κ1) is 17.0. The third-order valence-corrected chi connectivity index (χ3v) is 4.02. The number of hydrogen-bond acceptors (Lipinski definition) is 3. The predicted molar refractivity (Wildman–Crippen MR) is 92.9 cm³/mol. The molecule has 2 aromatic carbocycles. The van der Waals surface area contributed by atoms with Crippen molar-refractivity contribution >= 4 is 12.6 Å². The number of hydrogen-bond donors (Lipinski definition) is 0. The lowest BCUT2D eigenvalue weighted by atomic mass is 9.74. The Balaban J connectivity index is 1.83. The van der Waals surface area contributed by atoms with Gasteiger partial charge in [-0.05, 0) is 51.0 Å². The van der Waals surface area contributed by atoms with E-state index in [1.165, 1.54) is 12.1 Å². The summed E-state index contributed by atoms with van der Waals surface area (Å²) >= 11 is 0. The largest absolute Gasteiger partial charge is 0.498 e. The predicted octanol–water partition coefficient (Wildman–Crippen LogP) is 3.70. The van der Waals surface area contributed by atoms with Crippen LogP contribution in [0.25, 0.3) is 0 Å². The van der Waals surface area contributed by atoms with E-state index in [1.807, 2.05) is 51.1 Å². The molecule has 0 N–H and O–H groups in total. The fourth-order valence-corrected chi connectivity index (χ4v) is 3.02. The Morgan fingerprint density at radius 3 is 2.67 bits per heavy atom. The summed E-state index contributed by atoms with van der Waals surface area (Å²) in [4.78, 5) is 0. The van der Waals surface area contributed by atoms with Gasteiger partial charge in [0, 0.05) is 11.6 Å². The molecular weight excluding hydrogens is 306 g/mol. The van der Waals surface area contributed by atoms with Gasteiger partial charge in [-0.15, -0.1) is 0 Å². The Morgan fingerprint density at radius 2 is 1.96 bits per heavy atom. The number of ether oxygens (including phenoxy) is 1. The number of halogens is 1. The van der Waals surface area contributed by atoms with Crippen LogP contribution in [0.4, 0.5) is 4.39 Å². The molecule has 0 amide bonds. The van der Waals surface area contributed by atoms with Gasteiger partial charge < -0.3 is 14.0 Å². The van der Waals surface area contributed by atoms with Crippen LogP contribution in [0.15, 0.2) is 48.5 Å². The smallest absolute Gasteiger partial charge is 0.489 e. The highest BCUT2D eigenvalue weighted by atomic mass is 19.1. The van der Waals surface area contributed by atoms with Crippen molar-refractivity contribution in [2.45, 2.75) is 45.5 Å². The highest BCUT2D eigenvalue weighted by Gasteiger charge is 2.39. The van der Waals surface area contributed by atoms with Gasteiger partial charge in [0.05, 0.1) is 5.60 Å². The standard InChI is InChI=1S/C19H22BFO3/c1-14-12-19(2,3)24-20(23-14)17-11-16(21)9-10-18(17)22-13-15-7-5-4-6-8-15/h4-11,14H,12-13H2,1-3H3. The van der Waals surface area contributed by atoms with Gasteiger partial charge >= 0.3 is 7.12 Å². The molecule has 0 saturated carbocycles. The molecule has 1 saturated heterocycles. The van der Waals surface area contributed by atoms with Gasteiger partial charge in [0.1, 0.15) is 18.2 Å². The van der Waals surface area contributed by atoms with E-state index in [-0.39, 0.29) is 17.5 Å². The molecule has 3 rings (SSSR count). The molecule has 5 heteroatoms. The molecule has 0 aliphatic carbocycles. The van der Waals surface area contributed by atoms with E-state index in [0.717, 1.165) is 12.0 Å². The van der Waals surface area contributed by atoms with Crippen molar-refractivity contribution in [3.8, 4) is 5.75 Å². The van der Waals surface area contributed by atoms with Crippen molar-refractivity contribution in [2.24, 2.45) is 0 Å². The van der Waals surface area contributed by atoms with Crippen LogP contribution in [0.1, 0.15) is 32.8 Å². The van der Waals surface area contributed by atoms with E-state index < -0.39 is 7.12 Å². The fourth-order valence-electron chi connectivity index (χ4n) is 3.02. The van der Waals surface area contributed by atoms with E-state index in [4.69, 9.17) is 14.0 Å². The van der Waals surface area contributed by atoms with E-state index >= 15 is 0 Å². The minimum atomic E-state index is -0.634. The monoisotopic (exact) mass is 328 g/mol. The maximum atomic E-state index is 13.8. The Morgan fingerprint density at radius 1 is 1.21 bits per heavy atom. The highest BCUT2D eigenvalue weighted by Crippen LogP contribution is 2.27. The zero-order valence-corrected chi connectivity index (χ0v) is 14.3. The number of benzene rings is 2. The normalized spacial score (nSPS) is 20.0. The molecule has 1 aliphatic heterocycles. The molecule has 24 heavy (non-hydrogen) atoms. The minimum absolute atomic E-state index is 0.0315. The third kappa shape index (κ3) is 4.16. The van der Waals surface area contributed by atoms with E-state index in [1.54, 1.807) is 6.07 Å². The van der Waals surface area contributed by atoms with Crippen molar-refractivity contribution in [2.75, 3.05) is 0 Å². The summed E-state index contributed by atoms with van der Waals surface area (Å²) in [5.41, 5.74) is 1.31. The quantitative estimate of drug-likeness (QED) is 0.801. The maximum absolute atomic E-state index is 13.8. The summed E-state index contributed by atoms with van der Waals surface area (Å²) in [6, 6.07) is 14.3. The van der Waals surface area contributed by atoms with Crippen LogP contribution in [0.2, 0.25) is 0 Å². The summed E-state index contributed by atoms with van der Waals surface area (Å²) in [5.74, 6) is 0.246. The summed E-state index contributed by atoms with van der Waals surface area (Å²) in [7, 11) is -0.634. The van der Waals surface area contributed by atoms with Crippen molar-refractivity contribution < 1.29 is 18.4 Å². The second kappa shape index (κ2) is 6.95. The van der Waals surface area contributed by atoms with Crippen LogP contribution in [0, 0.1) is 5.82 Å². The summed E-state index contributed by atoms with van der Waals surface area (Å²) in [5, 5.41) is 0. The molecule has 1 unspecified atom stereocenters. The Kier molecular flexibility index (Phi) is 4.92. The van der Waals surface area contributed by atoms with Gasteiger partial charge in [0.25, 0.3) is 0 Å². The Labute approximate surface area is 142 Å². The zero-order valence-electron chi connectivity index (χ0n) is 14.3. The molecule has 0 bridgehead atoms. The topological polar surface area (TPSA) is 27.7 Å². The van der Waals surface area contributed by atoms with E-state index in [0.29, 0.717) is 17.8 Å². The number of rotatable bonds is 4. The van der Waals surface area contributed by atoms with Crippen LogP contribution in [-0.4, -0.2) is 18.8 Å². The molecule has 0 aromatic heterocycles. The first-order valence-corrected chi connectivity index (χ1v) is 8.22. The van der Waals surface area contributed by atoms with Crippen molar-refractivity contribution in [1.29, 1.82) is 0 Å². The third-order valence-electron chi connectivity index (χ3n) is 4.02. The summed E-state index contributed by atoms with van der Waals surface area (Å²) in [6.07, 6.45) is 0.822. The molecule has 1 aliphatic rings. The van der Waals surface area contributed by atoms with E-state index in [2.05, 4.69) is 0 Å². The molecule has 1 fully saturated rings. The summed E-state index contributed by atoms with van der Waals surface area (Å²) < 4.78 is 31.6. The van der Waals surface area contributed by atoms with Gasteiger partial charge in [-0.25, -0.2) is 4.39 Å². The average Bonchev–Trinajstić information content (AvgIpc) is 2.52. The van der Waals surface area contributed by atoms with Crippen LogP contribution in [-0.2, 0) is 15.9 Å². The lowest BCUT2D eigenvalue weighted by Crippen LogP contribution is -2.52. The zero-order chi connectivity index (χ0) is 17.2. The molecule has 1 heterocycles. The second-order valence-electron chi connectivity index (χ2n) is 6.82. The molecule has 126 valence electrons. The fraction of sp³-hybridized carbons (Fsp3) is 0.368. The van der Waals surface area contributed by atoms with Crippen LogP contribution >= 0.6 is 0 Å². The lowest BCUT2D eigenvalue weighted by molar-refractivity contribution is -0.0231. The molecule has 1 atom stereocenters. The molecular formula is C19H22BFO3. The molecule has 0 spiro atoms. The summed E-state index contributed by atoms with van der Waals surface area (Å²) in [6.45, 7) is 6.44. The van der Waals surface area contributed by atoms with Crippen molar-refractivity contribution in [3.05, 3.63) is 59.9 Å². The SMILES string of the molecule is CC1CC(C)(C)OB(c2cc(F)ccc2OCc2ccccc2)O1.